The summed E-state index contributed by atoms with van der Waals surface area (Å²) in [5.74, 6) is 0. The summed E-state index contributed by atoms with van der Waals surface area (Å²) in [6.45, 7) is 3.78. The molecule has 52 valence electrons. The van der Waals surface area contributed by atoms with E-state index in [0.29, 0.717) is 0 Å². The van der Waals surface area contributed by atoms with Crippen LogP contribution in [0, 0.1) is 0 Å². The monoisotopic (exact) mass is 230 g/mol. The first kappa shape index (κ1) is 8.65. The number of alkyl halides is 2. The quantitative estimate of drug-likeness (QED) is 0.390. The Hall–Kier alpha value is 0.650. The van der Waals surface area contributed by atoms with Crippen molar-refractivity contribution in [1.82, 2.24) is 5.32 Å². The fourth-order valence-electron chi connectivity index (χ4n) is 0.341. The molecule has 0 aliphatic heterocycles. The number of likely N-dealkylation sites (N-methyl/N-ethyl adjacent to an activating group) is 1. The third-order valence-electron chi connectivity index (χ3n) is 0.815. The zero-order valence-corrected chi connectivity index (χ0v) is 7.47. The summed E-state index contributed by atoms with van der Waals surface area (Å²) in [4.78, 5) is 2.08. The molecule has 0 fully saturated rings. The standard InChI is InChI=1S/C5H13INO/c1-3-7-4-5(8)6-2/h5,7-8H,3-4H2,1-2H3/q-1. The van der Waals surface area contributed by atoms with Crippen LogP contribution in [0.3, 0.4) is 0 Å². The van der Waals surface area contributed by atoms with Gasteiger partial charge < -0.3 is 0 Å². The van der Waals surface area contributed by atoms with E-state index in [9.17, 15) is 0 Å². The zero-order chi connectivity index (χ0) is 6.41. The van der Waals surface area contributed by atoms with Crippen molar-refractivity contribution in [2.24, 2.45) is 0 Å². The van der Waals surface area contributed by atoms with Gasteiger partial charge in [0.25, 0.3) is 0 Å². The maximum absolute atomic E-state index is 8.98. The first-order valence-corrected chi connectivity index (χ1v) is 6.08. The fraction of sp³-hybridized carbons (Fsp3) is 1.00. The van der Waals surface area contributed by atoms with Crippen molar-refractivity contribution in [1.29, 1.82) is 0 Å². The number of halogens is 1. The number of aliphatic hydroxyl groups excluding tert-OH is 1. The Labute approximate surface area is 60.9 Å². The van der Waals surface area contributed by atoms with Gasteiger partial charge in [-0.3, -0.25) is 0 Å². The van der Waals surface area contributed by atoms with Gasteiger partial charge in [0, 0.05) is 0 Å². The molecule has 0 aromatic rings. The Morgan fingerprint density at radius 2 is 2.38 bits per heavy atom. The van der Waals surface area contributed by atoms with Crippen molar-refractivity contribution in [3.05, 3.63) is 0 Å². The van der Waals surface area contributed by atoms with E-state index in [1.54, 1.807) is 0 Å². The van der Waals surface area contributed by atoms with Crippen molar-refractivity contribution >= 4 is 0 Å². The summed E-state index contributed by atoms with van der Waals surface area (Å²) < 4.78 is -0.0475. The van der Waals surface area contributed by atoms with E-state index in [0.717, 1.165) is 13.1 Å². The number of aliphatic hydroxyl groups is 1. The molecule has 0 aromatic heterocycles. The predicted octanol–water partition coefficient (Wildman–Crippen LogP) is -3.37. The van der Waals surface area contributed by atoms with Gasteiger partial charge in [-0.05, 0) is 0 Å². The van der Waals surface area contributed by atoms with Crippen LogP contribution in [0.2, 0.25) is 0 Å². The molecular weight excluding hydrogens is 217 g/mol. The Morgan fingerprint density at radius 1 is 1.75 bits per heavy atom. The first-order chi connectivity index (χ1) is 3.81. The van der Waals surface area contributed by atoms with E-state index in [-0.39, 0.29) is 25.3 Å². The molecule has 1 atom stereocenters. The number of hydrogen-bond acceptors (Lipinski definition) is 2. The molecule has 0 heterocycles. The van der Waals surface area contributed by atoms with Crippen LogP contribution >= 0.6 is 0 Å². The Morgan fingerprint density at radius 3 is 2.75 bits per heavy atom. The third-order valence-corrected chi connectivity index (χ3v) is 2.69. The molecule has 0 aliphatic rings. The van der Waals surface area contributed by atoms with E-state index in [2.05, 4.69) is 10.2 Å². The first-order valence-electron chi connectivity index (χ1n) is 2.68. The van der Waals surface area contributed by atoms with Crippen molar-refractivity contribution in [3.63, 3.8) is 0 Å². The van der Waals surface area contributed by atoms with Gasteiger partial charge in [0.2, 0.25) is 0 Å². The molecule has 2 nitrogen and oxygen atoms in total. The minimum atomic E-state index is -0.0475. The third kappa shape index (κ3) is 4.80. The van der Waals surface area contributed by atoms with Crippen LogP contribution in [-0.2, 0) is 0 Å². The molecule has 0 radical (unpaired) electrons. The second-order valence-electron chi connectivity index (χ2n) is 1.46. The van der Waals surface area contributed by atoms with E-state index in [1.165, 1.54) is 0 Å². The van der Waals surface area contributed by atoms with Crippen LogP contribution in [0.5, 0.6) is 0 Å². The molecule has 0 amide bonds. The van der Waals surface area contributed by atoms with Crippen molar-refractivity contribution in [2.75, 3.05) is 18.0 Å². The van der Waals surface area contributed by atoms with Crippen LogP contribution < -0.4 is 26.5 Å². The van der Waals surface area contributed by atoms with E-state index in [4.69, 9.17) is 5.11 Å². The van der Waals surface area contributed by atoms with Crippen LogP contribution in [0.1, 0.15) is 6.92 Å². The molecule has 8 heavy (non-hydrogen) atoms. The molecule has 1 unspecified atom stereocenters. The summed E-state index contributed by atoms with van der Waals surface area (Å²) in [5, 5.41) is 12.1. The Balaban J connectivity index is 2.86. The van der Waals surface area contributed by atoms with Crippen molar-refractivity contribution in [3.8, 4) is 0 Å². The predicted molar refractivity (Wildman–Crippen MR) is 30.5 cm³/mol. The second kappa shape index (κ2) is 5.78. The Kier molecular flexibility index (Phi) is 6.25. The van der Waals surface area contributed by atoms with Crippen molar-refractivity contribution in [2.45, 2.75) is 11.0 Å². The SMILES string of the molecule is CCNCC(O)[I-]C. The zero-order valence-electron chi connectivity index (χ0n) is 5.32. The van der Waals surface area contributed by atoms with Crippen LogP contribution in [0.25, 0.3) is 0 Å². The summed E-state index contributed by atoms with van der Waals surface area (Å²) in [6, 6.07) is 0. The molecule has 0 aromatic carbocycles. The topological polar surface area (TPSA) is 32.3 Å². The van der Waals surface area contributed by atoms with E-state index >= 15 is 0 Å². The van der Waals surface area contributed by atoms with Gasteiger partial charge >= 0.3 is 60.7 Å². The summed E-state index contributed by atoms with van der Waals surface area (Å²) >= 11 is 0.0252. The minimum absolute atomic E-state index is 0.0252. The fourth-order valence-corrected chi connectivity index (χ4v) is 1.09. The number of rotatable bonds is 4. The van der Waals surface area contributed by atoms with Gasteiger partial charge in [0.15, 0.2) is 0 Å². The second-order valence-corrected chi connectivity index (χ2v) is 4.14. The molecule has 0 aliphatic carbocycles. The summed E-state index contributed by atoms with van der Waals surface area (Å²) in [5.41, 5.74) is 0. The van der Waals surface area contributed by atoms with Gasteiger partial charge in [-0.1, -0.05) is 0 Å². The molecule has 0 spiro atoms. The molecular formula is C5H13INO-. The number of nitrogens with one attached hydrogen (secondary N) is 1. The maximum atomic E-state index is 8.98. The van der Waals surface area contributed by atoms with Gasteiger partial charge in [-0.15, -0.1) is 0 Å². The van der Waals surface area contributed by atoms with Crippen molar-refractivity contribution < 1.29 is 26.3 Å². The molecule has 0 saturated carbocycles. The molecule has 0 rings (SSSR count). The van der Waals surface area contributed by atoms with Crippen LogP contribution in [-0.4, -0.2) is 27.2 Å². The molecule has 0 bridgehead atoms. The van der Waals surface area contributed by atoms with E-state index < -0.39 is 0 Å². The summed E-state index contributed by atoms with van der Waals surface area (Å²) in [6.07, 6.45) is 0. The van der Waals surface area contributed by atoms with Crippen LogP contribution in [0.4, 0.5) is 0 Å². The molecule has 3 heteroatoms. The molecule has 0 saturated heterocycles. The normalized spacial score (nSPS) is 14.4. The van der Waals surface area contributed by atoms with Crippen LogP contribution in [0.15, 0.2) is 0 Å². The van der Waals surface area contributed by atoms with E-state index in [1.807, 2.05) is 6.92 Å². The molecule has 2 N–H and O–H groups in total. The number of hydrogen-bond donors (Lipinski definition) is 2. The average molecular weight is 230 g/mol. The van der Waals surface area contributed by atoms with Gasteiger partial charge in [0.05, 0.1) is 0 Å². The van der Waals surface area contributed by atoms with Gasteiger partial charge in [0.1, 0.15) is 0 Å². The Bertz CT molecular complexity index is 51.7. The summed E-state index contributed by atoms with van der Waals surface area (Å²) in [7, 11) is 0. The van der Waals surface area contributed by atoms with Gasteiger partial charge in [-0.25, -0.2) is 0 Å². The van der Waals surface area contributed by atoms with Gasteiger partial charge in [-0.2, -0.15) is 0 Å². The average Bonchev–Trinajstić information content (AvgIpc) is 1.83.